The van der Waals surface area contributed by atoms with Crippen LogP contribution in [-0.4, -0.2) is 32.1 Å². The zero-order chi connectivity index (χ0) is 15.4. The third kappa shape index (κ3) is 3.52. The van der Waals surface area contributed by atoms with Crippen LogP contribution in [0, 0.1) is 11.7 Å². The summed E-state index contributed by atoms with van der Waals surface area (Å²) in [6.07, 6.45) is 3.11. The van der Waals surface area contributed by atoms with E-state index < -0.39 is 0 Å². The minimum atomic E-state index is -0.270. The highest BCUT2D eigenvalue weighted by Crippen LogP contribution is 2.25. The first-order chi connectivity index (χ1) is 10.7. The Bertz CT molecular complexity index is 558. The van der Waals surface area contributed by atoms with Crippen molar-refractivity contribution >= 4 is 5.91 Å². The van der Waals surface area contributed by atoms with E-state index in [-0.39, 0.29) is 23.7 Å². The van der Waals surface area contributed by atoms with E-state index in [2.05, 4.69) is 27.6 Å². The van der Waals surface area contributed by atoms with Crippen LogP contribution in [-0.2, 0) is 4.79 Å². The van der Waals surface area contributed by atoms with Crippen LogP contribution >= 0.6 is 0 Å². The lowest BCUT2D eigenvalue weighted by Crippen LogP contribution is -2.37. The largest absolute Gasteiger partial charge is 0.352 e. The van der Waals surface area contributed by atoms with Gasteiger partial charge in [-0.05, 0) is 30.7 Å². The number of halogens is 1. The molecule has 2 unspecified atom stereocenters. The predicted octanol–water partition coefficient (Wildman–Crippen LogP) is 0.627. The fourth-order valence-electron chi connectivity index (χ4n) is 2.89. The molecule has 118 valence electrons. The topological polar surface area (TPSA) is 65.2 Å². The minimum absolute atomic E-state index is 0.0197. The second-order valence-electron chi connectivity index (χ2n) is 5.70. The smallest absolute Gasteiger partial charge is 0.226 e. The van der Waals surface area contributed by atoms with Gasteiger partial charge in [-0.3, -0.25) is 10.2 Å². The summed E-state index contributed by atoms with van der Waals surface area (Å²) in [5.74, 6) is -0.451. The van der Waals surface area contributed by atoms with Gasteiger partial charge in [-0.25, -0.2) is 9.82 Å². The van der Waals surface area contributed by atoms with Crippen LogP contribution in [0.25, 0.3) is 0 Å². The van der Waals surface area contributed by atoms with Gasteiger partial charge in [0.2, 0.25) is 5.91 Å². The normalized spacial score (nSPS) is 24.9. The maximum absolute atomic E-state index is 13.0. The zero-order valence-electron chi connectivity index (χ0n) is 12.4. The second kappa shape index (κ2) is 7.00. The summed E-state index contributed by atoms with van der Waals surface area (Å²) in [5.41, 5.74) is 8.31. The number of nitrogens with one attached hydrogen (secondary N) is 4. The molecule has 2 heterocycles. The number of hydrogen-bond acceptors (Lipinski definition) is 4. The monoisotopic (exact) mass is 304 g/mol. The molecule has 1 saturated heterocycles. The molecule has 6 heteroatoms. The molecule has 5 nitrogen and oxygen atoms in total. The first-order valence-electron chi connectivity index (χ1n) is 7.64. The van der Waals surface area contributed by atoms with E-state index in [1.807, 2.05) is 0 Å². The van der Waals surface area contributed by atoms with E-state index in [9.17, 15) is 9.18 Å². The van der Waals surface area contributed by atoms with Crippen LogP contribution in [0.4, 0.5) is 4.39 Å². The summed E-state index contributed by atoms with van der Waals surface area (Å²) in [7, 11) is 0. The Hall–Kier alpha value is -1.76. The van der Waals surface area contributed by atoms with Gasteiger partial charge >= 0.3 is 0 Å². The van der Waals surface area contributed by atoms with Crippen LogP contribution in [0.5, 0.6) is 0 Å². The lowest BCUT2D eigenvalue weighted by Gasteiger charge is -2.20. The van der Waals surface area contributed by atoms with Crippen molar-refractivity contribution in [2.45, 2.75) is 12.5 Å². The van der Waals surface area contributed by atoms with E-state index in [0.29, 0.717) is 13.1 Å². The predicted molar refractivity (Wildman–Crippen MR) is 82.3 cm³/mol. The highest BCUT2D eigenvalue weighted by atomic mass is 19.1. The summed E-state index contributed by atoms with van der Waals surface area (Å²) in [6, 6.07) is 6.14. The first-order valence-corrected chi connectivity index (χ1v) is 7.64. The van der Waals surface area contributed by atoms with Crippen molar-refractivity contribution in [3.05, 3.63) is 47.3 Å². The van der Waals surface area contributed by atoms with Crippen LogP contribution in [0.3, 0.4) is 0 Å². The molecule has 1 aromatic carbocycles. The number of hydrogen-bond donors (Lipinski definition) is 4. The SMILES string of the molecule is O=C(NCC1=CCNCC1)C1CNNC1c1ccc(F)cc1. The van der Waals surface area contributed by atoms with Gasteiger partial charge < -0.3 is 10.6 Å². The molecule has 0 bridgehead atoms. The standard InChI is InChI=1S/C16H21FN4O/c17-13-3-1-12(2-4-13)15-14(10-20-21-15)16(22)19-9-11-5-7-18-8-6-11/h1-5,14-15,18,20-21H,6-10H2,(H,19,22). The fraction of sp³-hybridized carbons (Fsp3) is 0.438. The molecule has 1 fully saturated rings. The van der Waals surface area contributed by atoms with Gasteiger partial charge in [0.05, 0.1) is 12.0 Å². The van der Waals surface area contributed by atoms with Crippen molar-refractivity contribution in [2.24, 2.45) is 5.92 Å². The molecule has 2 aliphatic rings. The van der Waals surface area contributed by atoms with Crippen LogP contribution in [0.2, 0.25) is 0 Å². The molecule has 0 spiro atoms. The molecule has 0 aromatic heterocycles. The van der Waals surface area contributed by atoms with E-state index in [1.54, 1.807) is 12.1 Å². The lowest BCUT2D eigenvalue weighted by molar-refractivity contribution is -0.124. The summed E-state index contributed by atoms with van der Waals surface area (Å²) in [4.78, 5) is 12.4. The molecule has 22 heavy (non-hydrogen) atoms. The van der Waals surface area contributed by atoms with E-state index >= 15 is 0 Å². The summed E-state index contributed by atoms with van der Waals surface area (Å²) in [5, 5.41) is 6.27. The molecule has 2 atom stereocenters. The lowest BCUT2D eigenvalue weighted by atomic mass is 9.94. The molecule has 0 saturated carbocycles. The van der Waals surface area contributed by atoms with E-state index in [0.717, 1.165) is 25.1 Å². The Labute approximate surface area is 129 Å². The number of hydrazine groups is 1. The minimum Gasteiger partial charge on any atom is -0.352 e. The average molecular weight is 304 g/mol. The Balaban J connectivity index is 1.61. The number of carbonyl (C=O) groups excluding carboxylic acids is 1. The van der Waals surface area contributed by atoms with Gasteiger partial charge in [-0.15, -0.1) is 0 Å². The maximum atomic E-state index is 13.0. The van der Waals surface area contributed by atoms with Crippen molar-refractivity contribution in [2.75, 3.05) is 26.2 Å². The molecule has 2 aliphatic heterocycles. The van der Waals surface area contributed by atoms with Crippen LogP contribution in [0.1, 0.15) is 18.0 Å². The van der Waals surface area contributed by atoms with Crippen molar-refractivity contribution in [3.63, 3.8) is 0 Å². The molecule has 1 aromatic rings. The summed E-state index contributed by atoms with van der Waals surface area (Å²) in [6.45, 7) is 3.00. The molecule has 0 aliphatic carbocycles. The third-order valence-corrected chi connectivity index (χ3v) is 4.20. The zero-order valence-corrected chi connectivity index (χ0v) is 12.4. The van der Waals surface area contributed by atoms with Gasteiger partial charge in [-0.2, -0.15) is 0 Å². The van der Waals surface area contributed by atoms with Crippen LogP contribution < -0.4 is 21.5 Å². The van der Waals surface area contributed by atoms with E-state index in [1.165, 1.54) is 17.7 Å². The van der Waals surface area contributed by atoms with Crippen molar-refractivity contribution in [1.82, 2.24) is 21.5 Å². The number of rotatable bonds is 4. The molecule has 0 radical (unpaired) electrons. The maximum Gasteiger partial charge on any atom is 0.226 e. The average Bonchev–Trinajstić information content (AvgIpc) is 3.04. The van der Waals surface area contributed by atoms with Crippen molar-refractivity contribution in [3.8, 4) is 0 Å². The second-order valence-corrected chi connectivity index (χ2v) is 5.70. The molecule has 4 N–H and O–H groups in total. The number of benzene rings is 1. The van der Waals surface area contributed by atoms with Gasteiger partial charge in [-0.1, -0.05) is 23.8 Å². The first kappa shape index (κ1) is 15.1. The van der Waals surface area contributed by atoms with Gasteiger partial charge in [0, 0.05) is 19.6 Å². The Morgan fingerprint density at radius 2 is 2.14 bits per heavy atom. The summed E-state index contributed by atoms with van der Waals surface area (Å²) >= 11 is 0. The molecular weight excluding hydrogens is 283 g/mol. The van der Waals surface area contributed by atoms with Crippen molar-refractivity contribution in [1.29, 1.82) is 0 Å². The Morgan fingerprint density at radius 1 is 1.32 bits per heavy atom. The molecule has 1 amide bonds. The molecule has 3 rings (SSSR count). The highest BCUT2D eigenvalue weighted by Gasteiger charge is 2.33. The Kier molecular flexibility index (Phi) is 4.82. The van der Waals surface area contributed by atoms with E-state index in [4.69, 9.17) is 0 Å². The van der Waals surface area contributed by atoms with Crippen LogP contribution in [0.15, 0.2) is 35.9 Å². The number of amides is 1. The highest BCUT2D eigenvalue weighted by molar-refractivity contribution is 5.80. The summed E-state index contributed by atoms with van der Waals surface area (Å²) < 4.78 is 13.0. The quantitative estimate of drug-likeness (QED) is 0.616. The Morgan fingerprint density at radius 3 is 2.86 bits per heavy atom. The van der Waals surface area contributed by atoms with Gasteiger partial charge in [0.25, 0.3) is 0 Å². The van der Waals surface area contributed by atoms with Gasteiger partial charge in [0.15, 0.2) is 0 Å². The third-order valence-electron chi connectivity index (χ3n) is 4.20. The molecular formula is C16H21FN4O. The fourth-order valence-corrected chi connectivity index (χ4v) is 2.89. The van der Waals surface area contributed by atoms with Crippen molar-refractivity contribution < 1.29 is 9.18 Å². The number of carbonyl (C=O) groups is 1. The van der Waals surface area contributed by atoms with Gasteiger partial charge in [0.1, 0.15) is 5.82 Å².